The van der Waals surface area contributed by atoms with Gasteiger partial charge in [-0.1, -0.05) is 38.1 Å². The predicted octanol–water partition coefficient (Wildman–Crippen LogP) is 5.74. The van der Waals surface area contributed by atoms with Crippen molar-refractivity contribution in [3.05, 3.63) is 82.4 Å². The number of thiocarbonyl (C=S) groups is 1. The summed E-state index contributed by atoms with van der Waals surface area (Å²) in [7, 11) is 0. The minimum absolute atomic E-state index is 0.0386. The van der Waals surface area contributed by atoms with Crippen LogP contribution in [0, 0.1) is 20.8 Å². The van der Waals surface area contributed by atoms with Crippen molar-refractivity contribution in [2.75, 3.05) is 6.54 Å². The van der Waals surface area contributed by atoms with Crippen LogP contribution in [-0.2, 0) is 6.42 Å². The van der Waals surface area contributed by atoms with E-state index in [4.69, 9.17) is 12.2 Å². The summed E-state index contributed by atoms with van der Waals surface area (Å²) < 4.78 is 2.43. The van der Waals surface area contributed by atoms with Gasteiger partial charge in [0.1, 0.15) is 0 Å². The van der Waals surface area contributed by atoms with Crippen LogP contribution >= 0.6 is 12.2 Å². The highest BCUT2D eigenvalue weighted by molar-refractivity contribution is 7.80. The van der Waals surface area contributed by atoms with Gasteiger partial charge in [-0.2, -0.15) is 0 Å². The number of benzene rings is 1. The van der Waals surface area contributed by atoms with Crippen LogP contribution in [0.15, 0.2) is 48.7 Å². The van der Waals surface area contributed by atoms with E-state index >= 15 is 0 Å². The molecule has 4 nitrogen and oxygen atoms in total. The number of para-hydroxylation sites is 1. The van der Waals surface area contributed by atoms with Gasteiger partial charge in [-0.05, 0) is 80.7 Å². The highest BCUT2D eigenvalue weighted by Crippen LogP contribution is 2.41. The topological polar surface area (TPSA) is 33.1 Å². The van der Waals surface area contributed by atoms with E-state index < -0.39 is 0 Å². The summed E-state index contributed by atoms with van der Waals surface area (Å²) in [6.45, 7) is 12.0. The first-order chi connectivity index (χ1) is 15.0. The van der Waals surface area contributed by atoms with Gasteiger partial charge in [-0.25, -0.2) is 0 Å². The van der Waals surface area contributed by atoms with Gasteiger partial charge in [0.2, 0.25) is 0 Å². The second kappa shape index (κ2) is 8.83. The first-order valence-corrected chi connectivity index (χ1v) is 11.6. The van der Waals surface area contributed by atoms with Crippen molar-refractivity contribution in [3.63, 3.8) is 0 Å². The highest BCUT2D eigenvalue weighted by Gasteiger charge is 2.41. The van der Waals surface area contributed by atoms with Gasteiger partial charge in [-0.3, -0.25) is 4.98 Å². The van der Waals surface area contributed by atoms with Gasteiger partial charge in [0, 0.05) is 24.1 Å². The van der Waals surface area contributed by atoms with Crippen molar-refractivity contribution in [1.82, 2.24) is 19.8 Å². The molecule has 1 N–H and O–H groups in total. The maximum Gasteiger partial charge on any atom is 0.170 e. The second-order valence-corrected chi connectivity index (χ2v) is 8.80. The molecule has 1 aliphatic rings. The molecular weight excluding hydrogens is 400 g/mol. The molecule has 1 aromatic carbocycles. The zero-order valence-electron chi connectivity index (χ0n) is 19.1. The van der Waals surface area contributed by atoms with Crippen molar-refractivity contribution in [2.45, 2.75) is 59.5 Å². The summed E-state index contributed by atoms with van der Waals surface area (Å²) in [5.41, 5.74) is 8.88. The molecule has 5 heteroatoms. The molecule has 3 aromatic rings. The van der Waals surface area contributed by atoms with E-state index in [-0.39, 0.29) is 12.1 Å². The lowest BCUT2D eigenvalue weighted by atomic mass is 9.96. The Labute approximate surface area is 191 Å². The van der Waals surface area contributed by atoms with E-state index in [2.05, 4.69) is 90.8 Å². The predicted molar refractivity (Wildman–Crippen MR) is 132 cm³/mol. The third-order valence-electron chi connectivity index (χ3n) is 6.38. The Morgan fingerprint density at radius 2 is 1.87 bits per heavy atom. The lowest BCUT2D eigenvalue weighted by Gasteiger charge is -2.28. The van der Waals surface area contributed by atoms with Gasteiger partial charge in [0.15, 0.2) is 5.11 Å². The summed E-state index contributed by atoms with van der Waals surface area (Å²) in [4.78, 5) is 7.02. The third-order valence-corrected chi connectivity index (χ3v) is 6.73. The Kier molecular flexibility index (Phi) is 6.15. The molecule has 3 heterocycles. The minimum Gasteiger partial charge on any atom is -0.352 e. The average Bonchev–Trinajstić information content (AvgIpc) is 3.24. The second-order valence-electron chi connectivity index (χ2n) is 8.42. The molecule has 2 aromatic heterocycles. The van der Waals surface area contributed by atoms with Gasteiger partial charge in [0.25, 0.3) is 0 Å². The Balaban J connectivity index is 1.88. The fraction of sp³-hybridized carbons (Fsp3) is 0.385. The van der Waals surface area contributed by atoms with E-state index in [1.807, 2.05) is 12.3 Å². The van der Waals surface area contributed by atoms with Gasteiger partial charge in [0.05, 0.1) is 23.5 Å². The van der Waals surface area contributed by atoms with E-state index in [1.165, 1.54) is 33.8 Å². The molecule has 4 rings (SSSR count). The molecule has 0 spiro atoms. The number of nitrogens with zero attached hydrogens (tertiary/aromatic N) is 3. The summed E-state index contributed by atoms with van der Waals surface area (Å²) in [5, 5.41) is 4.39. The maximum absolute atomic E-state index is 5.78. The lowest BCUT2D eigenvalue weighted by Crippen LogP contribution is -2.30. The van der Waals surface area contributed by atoms with E-state index in [0.29, 0.717) is 0 Å². The highest BCUT2D eigenvalue weighted by atomic mass is 32.1. The Morgan fingerprint density at radius 3 is 2.55 bits per heavy atom. The normalized spacial score (nSPS) is 18.5. The van der Waals surface area contributed by atoms with Crippen molar-refractivity contribution in [1.29, 1.82) is 0 Å². The fourth-order valence-corrected chi connectivity index (χ4v) is 5.31. The number of hydrogen-bond donors (Lipinski definition) is 1. The van der Waals surface area contributed by atoms with Crippen molar-refractivity contribution in [2.24, 2.45) is 0 Å². The van der Waals surface area contributed by atoms with Gasteiger partial charge in [-0.15, -0.1) is 0 Å². The number of nitrogens with one attached hydrogen (secondary N) is 1. The molecule has 0 amide bonds. The number of aryl methyl sites for hydroxylation is 3. The number of hydrogen-bond acceptors (Lipinski definition) is 2. The summed E-state index contributed by atoms with van der Waals surface area (Å²) in [6, 6.07) is 15.2. The average molecular weight is 433 g/mol. The van der Waals surface area contributed by atoms with Crippen LogP contribution in [0.1, 0.15) is 66.1 Å². The molecule has 2 atom stereocenters. The Morgan fingerprint density at radius 1 is 1.06 bits per heavy atom. The fourth-order valence-electron chi connectivity index (χ4n) is 4.98. The van der Waals surface area contributed by atoms with Gasteiger partial charge < -0.3 is 14.8 Å². The number of rotatable bonds is 6. The SMILES string of the molecule is CCCN1C(=S)N[C@@H](c2ccccn2)[C@@H]1c1cc(C)n(-c2c(C)cccc2CC)c1C. The van der Waals surface area contributed by atoms with Crippen molar-refractivity contribution >= 4 is 17.3 Å². The lowest BCUT2D eigenvalue weighted by molar-refractivity contribution is 0.316. The number of aromatic nitrogens is 2. The quantitative estimate of drug-likeness (QED) is 0.503. The van der Waals surface area contributed by atoms with Crippen LogP contribution in [0.5, 0.6) is 0 Å². The first kappa shape index (κ1) is 21.6. The molecule has 0 radical (unpaired) electrons. The summed E-state index contributed by atoms with van der Waals surface area (Å²) >= 11 is 5.78. The molecule has 162 valence electrons. The molecule has 0 unspecified atom stereocenters. The van der Waals surface area contributed by atoms with Crippen LogP contribution in [0.4, 0.5) is 0 Å². The zero-order chi connectivity index (χ0) is 22.1. The molecule has 0 bridgehead atoms. The van der Waals surface area contributed by atoms with E-state index in [1.54, 1.807) is 0 Å². The standard InChI is InChI=1S/C26H32N4S/c1-6-15-29-25(23(28-26(29)31)22-13-8-9-14-27-22)21-16-18(4)30(19(21)5)24-17(3)11-10-12-20(24)7-2/h8-14,16,23,25H,6-7,15H2,1-5H3,(H,28,31)/t23-,25-/m0/s1. The number of pyridine rings is 1. The van der Waals surface area contributed by atoms with Crippen LogP contribution in [0.3, 0.4) is 0 Å². The molecule has 1 fully saturated rings. The van der Waals surface area contributed by atoms with Gasteiger partial charge >= 0.3 is 0 Å². The van der Waals surface area contributed by atoms with Crippen LogP contribution in [0.25, 0.3) is 5.69 Å². The smallest absolute Gasteiger partial charge is 0.170 e. The Hall–Kier alpha value is -2.66. The first-order valence-electron chi connectivity index (χ1n) is 11.2. The molecule has 1 saturated heterocycles. The van der Waals surface area contributed by atoms with Crippen LogP contribution < -0.4 is 5.32 Å². The van der Waals surface area contributed by atoms with E-state index in [9.17, 15) is 0 Å². The molecule has 1 aliphatic heterocycles. The largest absolute Gasteiger partial charge is 0.352 e. The Bertz CT molecular complexity index is 1090. The van der Waals surface area contributed by atoms with Crippen molar-refractivity contribution in [3.8, 4) is 5.69 Å². The van der Waals surface area contributed by atoms with Crippen molar-refractivity contribution < 1.29 is 0 Å². The monoisotopic (exact) mass is 432 g/mol. The van der Waals surface area contributed by atoms with E-state index in [0.717, 1.165) is 30.2 Å². The minimum atomic E-state index is 0.0386. The molecule has 31 heavy (non-hydrogen) atoms. The molecule has 0 saturated carbocycles. The molecular formula is C26H32N4S. The van der Waals surface area contributed by atoms with Crippen LogP contribution in [-0.4, -0.2) is 26.1 Å². The zero-order valence-corrected chi connectivity index (χ0v) is 20.0. The summed E-state index contributed by atoms with van der Waals surface area (Å²) in [5.74, 6) is 0. The van der Waals surface area contributed by atoms with Crippen LogP contribution in [0.2, 0.25) is 0 Å². The molecule has 0 aliphatic carbocycles. The third kappa shape index (κ3) is 3.76. The maximum atomic E-state index is 5.78. The summed E-state index contributed by atoms with van der Waals surface area (Å²) in [6.07, 6.45) is 3.92.